The van der Waals surface area contributed by atoms with Crippen LogP contribution in [0.25, 0.3) is 0 Å². The molecule has 0 N–H and O–H groups in total. The molecule has 1 aliphatic heterocycles. The first-order valence-corrected chi connectivity index (χ1v) is 7.77. The fraction of sp³-hybridized carbons (Fsp3) is 0.750. The predicted molar refractivity (Wildman–Crippen MR) is 80.8 cm³/mol. The molecule has 1 saturated heterocycles. The first kappa shape index (κ1) is 15.2. The van der Waals surface area contributed by atoms with Crippen molar-refractivity contribution in [1.82, 2.24) is 14.7 Å². The highest BCUT2D eigenvalue weighted by Crippen LogP contribution is 2.23. The van der Waals surface area contributed by atoms with Crippen molar-refractivity contribution in [2.75, 3.05) is 13.1 Å². The van der Waals surface area contributed by atoms with Gasteiger partial charge in [-0.05, 0) is 59.2 Å². The molecule has 1 aromatic rings. The van der Waals surface area contributed by atoms with Gasteiger partial charge in [0.25, 0.3) is 0 Å². The zero-order chi connectivity index (χ0) is 14.8. The van der Waals surface area contributed by atoms with E-state index in [4.69, 9.17) is 0 Å². The highest BCUT2D eigenvalue weighted by molar-refractivity contribution is 5.89. The summed E-state index contributed by atoms with van der Waals surface area (Å²) in [5.41, 5.74) is 0.527. The second-order valence-corrected chi connectivity index (χ2v) is 6.40. The topological polar surface area (TPSA) is 38.1 Å². The molecule has 0 radical (unpaired) electrons. The maximum atomic E-state index is 12.6. The molecule has 2 rings (SSSR count). The van der Waals surface area contributed by atoms with Crippen molar-refractivity contribution in [2.45, 2.75) is 65.0 Å². The number of rotatable bonds is 6. The Morgan fingerprint density at radius 2 is 2.05 bits per heavy atom. The van der Waals surface area contributed by atoms with Crippen LogP contribution in [0.15, 0.2) is 12.3 Å². The molecule has 1 aliphatic rings. The summed E-state index contributed by atoms with van der Waals surface area (Å²) in [4.78, 5) is 14.9. The van der Waals surface area contributed by atoms with E-state index in [9.17, 15) is 4.79 Å². The lowest BCUT2D eigenvalue weighted by Gasteiger charge is -2.33. The smallest absolute Gasteiger partial charge is 0.158 e. The molecule has 1 fully saturated rings. The van der Waals surface area contributed by atoms with Crippen LogP contribution >= 0.6 is 0 Å². The lowest BCUT2D eigenvalue weighted by atomic mass is 9.94. The van der Waals surface area contributed by atoms with Gasteiger partial charge in [-0.2, -0.15) is 5.10 Å². The number of ketones is 1. The largest absolute Gasteiger partial charge is 0.297 e. The fourth-order valence-corrected chi connectivity index (χ4v) is 2.74. The summed E-state index contributed by atoms with van der Waals surface area (Å²) in [5, 5.41) is 4.54. The highest BCUT2D eigenvalue weighted by atomic mass is 16.1. The molecular formula is C16H27N3O. The van der Waals surface area contributed by atoms with Crippen LogP contribution in [0.3, 0.4) is 0 Å². The Bertz CT molecular complexity index is 458. The van der Waals surface area contributed by atoms with Crippen LogP contribution < -0.4 is 0 Å². The number of hydrogen-bond donors (Lipinski definition) is 0. The van der Waals surface area contributed by atoms with Crippen molar-refractivity contribution in [2.24, 2.45) is 0 Å². The van der Waals surface area contributed by atoms with E-state index in [1.165, 1.54) is 12.8 Å². The lowest BCUT2D eigenvalue weighted by molar-refractivity contribution is -0.128. The molecule has 112 valence electrons. The fourth-order valence-electron chi connectivity index (χ4n) is 2.74. The van der Waals surface area contributed by atoms with Gasteiger partial charge in [-0.25, -0.2) is 0 Å². The molecule has 0 aromatic carbocycles. The van der Waals surface area contributed by atoms with Crippen molar-refractivity contribution in [1.29, 1.82) is 0 Å². The maximum Gasteiger partial charge on any atom is 0.158 e. The minimum atomic E-state index is -0.364. The van der Waals surface area contributed by atoms with E-state index in [0.29, 0.717) is 12.5 Å². The van der Waals surface area contributed by atoms with Crippen molar-refractivity contribution in [3.63, 3.8) is 0 Å². The van der Waals surface area contributed by atoms with E-state index >= 15 is 0 Å². The first-order valence-electron chi connectivity index (χ1n) is 7.77. The number of aromatic nitrogens is 2. The Morgan fingerprint density at radius 3 is 2.65 bits per heavy atom. The number of likely N-dealkylation sites (tertiary alicyclic amines) is 1. The third-order valence-electron chi connectivity index (χ3n) is 4.63. The molecule has 1 aromatic heterocycles. The summed E-state index contributed by atoms with van der Waals surface area (Å²) in [7, 11) is 0. The molecule has 0 amide bonds. The van der Waals surface area contributed by atoms with Gasteiger partial charge in [0.2, 0.25) is 0 Å². The van der Waals surface area contributed by atoms with Crippen LogP contribution in [0.2, 0.25) is 0 Å². The number of nitrogens with zero attached hydrogens (tertiary/aromatic N) is 3. The Morgan fingerprint density at radius 1 is 1.40 bits per heavy atom. The van der Waals surface area contributed by atoms with Gasteiger partial charge in [-0.1, -0.05) is 6.92 Å². The number of hydrogen-bond acceptors (Lipinski definition) is 3. The average Bonchev–Trinajstić information content (AvgIpc) is 3.08. The quantitative estimate of drug-likeness (QED) is 0.802. The van der Waals surface area contributed by atoms with E-state index in [1.807, 2.05) is 30.8 Å². The molecule has 4 heteroatoms. The van der Waals surface area contributed by atoms with Crippen molar-refractivity contribution < 1.29 is 4.79 Å². The average molecular weight is 277 g/mol. The van der Waals surface area contributed by atoms with Gasteiger partial charge in [0.1, 0.15) is 0 Å². The third-order valence-corrected chi connectivity index (χ3v) is 4.63. The van der Waals surface area contributed by atoms with Gasteiger partial charge in [0.05, 0.1) is 17.7 Å². The Balaban J connectivity index is 2.01. The SMILES string of the molecule is CCC(C)n1ccc(CC(=O)C(C)(C)N2CCCC2)n1. The zero-order valence-corrected chi connectivity index (χ0v) is 13.2. The van der Waals surface area contributed by atoms with Gasteiger partial charge in [0.15, 0.2) is 5.78 Å². The van der Waals surface area contributed by atoms with Crippen LogP contribution in [0.1, 0.15) is 58.7 Å². The summed E-state index contributed by atoms with van der Waals surface area (Å²) < 4.78 is 1.96. The number of carbonyl (C=O) groups excluding carboxylic acids is 1. The minimum Gasteiger partial charge on any atom is -0.297 e. The van der Waals surface area contributed by atoms with E-state index in [0.717, 1.165) is 25.2 Å². The van der Waals surface area contributed by atoms with E-state index in [1.54, 1.807) is 0 Å². The van der Waals surface area contributed by atoms with Gasteiger partial charge >= 0.3 is 0 Å². The Kier molecular flexibility index (Phi) is 4.63. The number of Topliss-reactive ketones (excluding diaryl/α,β-unsaturated/α-hetero) is 1. The van der Waals surface area contributed by atoms with E-state index < -0.39 is 0 Å². The second kappa shape index (κ2) is 6.08. The van der Waals surface area contributed by atoms with Crippen LogP contribution in [0.4, 0.5) is 0 Å². The Hall–Kier alpha value is -1.16. The van der Waals surface area contributed by atoms with Gasteiger partial charge in [0, 0.05) is 12.2 Å². The van der Waals surface area contributed by atoms with Gasteiger partial charge in [-0.15, -0.1) is 0 Å². The van der Waals surface area contributed by atoms with Crippen molar-refractivity contribution in [3.05, 3.63) is 18.0 Å². The third kappa shape index (κ3) is 3.11. The summed E-state index contributed by atoms with van der Waals surface area (Å²) >= 11 is 0. The van der Waals surface area contributed by atoms with Gasteiger partial charge < -0.3 is 0 Å². The summed E-state index contributed by atoms with van der Waals surface area (Å²) in [5.74, 6) is 0.272. The Labute approximate surface area is 122 Å². The molecule has 1 atom stereocenters. The van der Waals surface area contributed by atoms with E-state index in [2.05, 4.69) is 23.8 Å². The molecule has 2 heterocycles. The minimum absolute atomic E-state index is 0.272. The summed E-state index contributed by atoms with van der Waals surface area (Å²) in [6, 6.07) is 2.37. The normalized spacial score (nSPS) is 18.4. The highest BCUT2D eigenvalue weighted by Gasteiger charge is 2.35. The molecule has 0 bridgehead atoms. The monoisotopic (exact) mass is 277 g/mol. The molecule has 0 spiro atoms. The predicted octanol–water partition coefficient (Wildman–Crippen LogP) is 2.84. The van der Waals surface area contributed by atoms with Crippen molar-refractivity contribution in [3.8, 4) is 0 Å². The van der Waals surface area contributed by atoms with Crippen LogP contribution in [-0.2, 0) is 11.2 Å². The second-order valence-electron chi connectivity index (χ2n) is 6.40. The molecule has 0 saturated carbocycles. The van der Waals surface area contributed by atoms with Crippen molar-refractivity contribution >= 4 is 5.78 Å². The molecular weight excluding hydrogens is 250 g/mol. The van der Waals surface area contributed by atoms with Crippen LogP contribution in [-0.4, -0.2) is 39.1 Å². The van der Waals surface area contributed by atoms with Crippen LogP contribution in [0, 0.1) is 0 Å². The van der Waals surface area contributed by atoms with E-state index in [-0.39, 0.29) is 11.3 Å². The molecule has 1 unspecified atom stereocenters. The molecule has 0 aliphatic carbocycles. The first-order chi connectivity index (χ1) is 9.45. The lowest BCUT2D eigenvalue weighted by Crippen LogP contribution is -2.49. The molecule has 20 heavy (non-hydrogen) atoms. The zero-order valence-electron chi connectivity index (χ0n) is 13.2. The summed E-state index contributed by atoms with van der Waals surface area (Å²) in [6.45, 7) is 10.5. The number of carbonyl (C=O) groups is 1. The molecule has 4 nitrogen and oxygen atoms in total. The maximum absolute atomic E-state index is 12.6. The van der Waals surface area contributed by atoms with Gasteiger partial charge in [-0.3, -0.25) is 14.4 Å². The van der Waals surface area contributed by atoms with Crippen LogP contribution in [0.5, 0.6) is 0 Å². The summed E-state index contributed by atoms with van der Waals surface area (Å²) in [6.07, 6.45) is 5.89. The standard InChI is InChI=1S/C16H27N3O/c1-5-13(2)19-11-8-14(17-19)12-15(20)16(3,4)18-9-6-7-10-18/h8,11,13H,5-7,9-10,12H2,1-4H3.